The first kappa shape index (κ1) is 39.8. The lowest BCUT2D eigenvalue weighted by Crippen LogP contribution is -2.74. The maximum Gasteiger partial charge on any atom is 0.514 e. The Kier molecular flexibility index (Phi) is 10.4. The van der Waals surface area contributed by atoms with Gasteiger partial charge in [0.2, 0.25) is 6.10 Å². The van der Waals surface area contributed by atoms with Gasteiger partial charge in [-0.05, 0) is 113 Å². The van der Waals surface area contributed by atoms with Gasteiger partial charge in [0.25, 0.3) is 0 Å². The van der Waals surface area contributed by atoms with Gasteiger partial charge in [0, 0.05) is 18.0 Å². The van der Waals surface area contributed by atoms with Gasteiger partial charge >= 0.3 is 30.2 Å². The third kappa shape index (κ3) is 8.10. The van der Waals surface area contributed by atoms with Crippen LogP contribution in [0.15, 0.2) is 24.0 Å². The normalized spacial score (nSPS) is 25.7. The van der Waals surface area contributed by atoms with E-state index < -0.39 is 82.8 Å². The molecule has 5 rings (SSSR count). The maximum absolute atomic E-state index is 13.6. The molecular weight excluding hydrogens is 694 g/mol. The Morgan fingerprint density at radius 2 is 1.51 bits per heavy atom. The molecule has 2 aliphatic heterocycles. The van der Waals surface area contributed by atoms with Gasteiger partial charge in [-0.15, -0.1) is 0 Å². The molecule has 0 saturated carbocycles. The summed E-state index contributed by atoms with van der Waals surface area (Å²) in [4.78, 5) is 66.8. The molecule has 6 atom stereocenters. The monoisotopic (exact) mass is 745 g/mol. The van der Waals surface area contributed by atoms with Crippen molar-refractivity contribution in [1.29, 1.82) is 0 Å². The van der Waals surface area contributed by atoms with Crippen LogP contribution in [-0.4, -0.2) is 101 Å². The molecule has 0 amide bonds. The molecule has 0 aromatic heterocycles. The minimum atomic E-state index is -1.80. The largest absolute Gasteiger partial charge is 0.514 e. The average molecular weight is 746 g/mol. The van der Waals surface area contributed by atoms with Crippen molar-refractivity contribution in [2.45, 2.75) is 147 Å². The number of benzene rings is 1. The van der Waals surface area contributed by atoms with Crippen LogP contribution in [0.5, 0.6) is 11.5 Å². The van der Waals surface area contributed by atoms with E-state index in [1.165, 1.54) is 6.92 Å². The second kappa shape index (κ2) is 13.8. The Bertz CT molecular complexity index is 1670. The fourth-order valence-corrected chi connectivity index (χ4v) is 7.46. The highest BCUT2D eigenvalue weighted by Crippen LogP contribution is 2.65. The topological polar surface area (TPSA) is 183 Å². The number of hydrogen-bond acceptors (Lipinski definition) is 15. The van der Waals surface area contributed by atoms with Crippen LogP contribution < -0.4 is 9.47 Å². The Hall–Kier alpha value is -4.37. The molecule has 1 aromatic rings. The SMILES string of the molecule is C[C@H](OC(=O)[C@H](CC(=O)OC(C)(C)C)OC(=O)OC(C)(C)C)C(=O)OC1=CC[C@@]2(O)[C@H]3Cc4ccc(OC(=O)OC(C)(C)C)c5c4[C@@]2(CCN3C)[C@H]1O5. The third-order valence-corrected chi connectivity index (χ3v) is 9.43. The molecule has 2 bridgehead atoms. The summed E-state index contributed by atoms with van der Waals surface area (Å²) in [5.41, 5.74) is -3.52. The summed E-state index contributed by atoms with van der Waals surface area (Å²) in [6, 6.07) is 3.17. The summed E-state index contributed by atoms with van der Waals surface area (Å²) < 4.78 is 44.4. The van der Waals surface area contributed by atoms with Crippen molar-refractivity contribution in [3.63, 3.8) is 0 Å². The number of rotatable bonds is 8. The van der Waals surface area contributed by atoms with Crippen molar-refractivity contribution in [2.75, 3.05) is 13.6 Å². The van der Waals surface area contributed by atoms with E-state index in [-0.39, 0.29) is 29.7 Å². The van der Waals surface area contributed by atoms with Crippen molar-refractivity contribution in [1.82, 2.24) is 4.90 Å². The highest BCUT2D eigenvalue weighted by molar-refractivity contribution is 5.86. The molecule has 4 aliphatic rings. The highest BCUT2D eigenvalue weighted by Gasteiger charge is 2.72. The predicted octanol–water partition coefficient (Wildman–Crippen LogP) is 4.81. The van der Waals surface area contributed by atoms with Crippen LogP contribution in [0.3, 0.4) is 0 Å². The minimum Gasteiger partial charge on any atom is -0.477 e. The van der Waals surface area contributed by atoms with Crippen LogP contribution in [0.1, 0.15) is 99.6 Å². The molecule has 1 aromatic carbocycles. The van der Waals surface area contributed by atoms with Gasteiger partial charge in [0.05, 0.1) is 17.4 Å². The molecule has 15 heteroatoms. The van der Waals surface area contributed by atoms with Crippen LogP contribution in [0.4, 0.5) is 9.59 Å². The quantitative estimate of drug-likeness (QED) is 0.217. The molecule has 1 N–H and O–H groups in total. The van der Waals surface area contributed by atoms with Crippen molar-refractivity contribution in [2.24, 2.45) is 0 Å². The first-order valence-corrected chi connectivity index (χ1v) is 17.7. The van der Waals surface area contributed by atoms with Crippen molar-refractivity contribution in [3.05, 3.63) is 35.1 Å². The second-order valence-corrected chi connectivity index (χ2v) is 17.0. The fraction of sp³-hybridized carbons (Fsp3) is 0.658. The van der Waals surface area contributed by atoms with E-state index in [1.807, 2.05) is 13.1 Å². The molecule has 53 heavy (non-hydrogen) atoms. The third-order valence-electron chi connectivity index (χ3n) is 9.43. The summed E-state index contributed by atoms with van der Waals surface area (Å²) in [5.74, 6) is -2.64. The zero-order valence-electron chi connectivity index (χ0n) is 32.3. The van der Waals surface area contributed by atoms with Crippen LogP contribution >= 0.6 is 0 Å². The zero-order valence-corrected chi connectivity index (χ0v) is 32.3. The Morgan fingerprint density at radius 1 is 0.887 bits per heavy atom. The Labute approximate surface area is 309 Å². The fourth-order valence-electron chi connectivity index (χ4n) is 7.46. The zero-order chi connectivity index (χ0) is 39.5. The predicted molar refractivity (Wildman–Crippen MR) is 185 cm³/mol. The summed E-state index contributed by atoms with van der Waals surface area (Å²) in [5, 5.41) is 12.5. The van der Waals surface area contributed by atoms with Gasteiger partial charge < -0.3 is 47.9 Å². The number of likely N-dealkylation sites (N-methyl/N-ethyl adjacent to an activating group) is 1. The second-order valence-electron chi connectivity index (χ2n) is 17.0. The van der Waals surface area contributed by atoms with E-state index in [2.05, 4.69) is 4.90 Å². The van der Waals surface area contributed by atoms with Crippen molar-refractivity contribution < 1.29 is 67.0 Å². The van der Waals surface area contributed by atoms with E-state index >= 15 is 0 Å². The Balaban J connectivity index is 1.38. The number of piperidine rings is 1. The molecule has 2 heterocycles. The van der Waals surface area contributed by atoms with E-state index in [9.17, 15) is 29.1 Å². The first-order valence-electron chi connectivity index (χ1n) is 17.7. The Morgan fingerprint density at radius 3 is 2.13 bits per heavy atom. The summed E-state index contributed by atoms with van der Waals surface area (Å²) in [6.45, 7) is 16.7. The van der Waals surface area contributed by atoms with Gasteiger partial charge in [-0.25, -0.2) is 19.2 Å². The molecule has 15 nitrogen and oxygen atoms in total. The van der Waals surface area contributed by atoms with Crippen LogP contribution in [0.2, 0.25) is 0 Å². The van der Waals surface area contributed by atoms with Crippen LogP contribution in [0.25, 0.3) is 0 Å². The lowest BCUT2D eigenvalue weighted by atomic mass is 9.50. The first-order chi connectivity index (χ1) is 24.3. The van der Waals surface area contributed by atoms with E-state index in [0.29, 0.717) is 24.9 Å². The van der Waals surface area contributed by atoms with Crippen molar-refractivity contribution >= 4 is 30.2 Å². The van der Waals surface area contributed by atoms with Crippen LogP contribution in [0, 0.1) is 0 Å². The van der Waals surface area contributed by atoms with E-state index in [4.69, 9.17) is 37.9 Å². The molecule has 0 radical (unpaired) electrons. The molecule has 1 spiro atoms. The molecule has 292 valence electrons. The van der Waals surface area contributed by atoms with Crippen LogP contribution in [-0.2, 0) is 54.6 Å². The van der Waals surface area contributed by atoms with Gasteiger partial charge in [-0.1, -0.05) is 6.07 Å². The summed E-state index contributed by atoms with van der Waals surface area (Å²) >= 11 is 0. The highest BCUT2D eigenvalue weighted by atomic mass is 16.7. The minimum absolute atomic E-state index is 0.0773. The lowest BCUT2D eigenvalue weighted by Gasteiger charge is -2.61. The number of hydrogen-bond donors (Lipinski definition) is 1. The number of carbonyl (C=O) groups excluding carboxylic acids is 5. The number of nitrogens with zero attached hydrogens (tertiary/aromatic N) is 1. The number of ether oxygens (including phenoxy) is 8. The van der Waals surface area contributed by atoms with E-state index in [0.717, 1.165) is 5.56 Å². The molecule has 0 unspecified atom stereocenters. The molecule has 1 fully saturated rings. The van der Waals surface area contributed by atoms with Gasteiger partial charge in [0.1, 0.15) is 22.6 Å². The van der Waals surface area contributed by atoms with Gasteiger partial charge in [-0.2, -0.15) is 0 Å². The van der Waals surface area contributed by atoms with Gasteiger partial charge in [-0.3, -0.25) is 4.79 Å². The maximum atomic E-state index is 13.6. The number of aliphatic hydroxyl groups is 1. The number of esters is 3. The molecule has 1 saturated heterocycles. The number of likely N-dealkylation sites (tertiary alicyclic amines) is 1. The summed E-state index contributed by atoms with van der Waals surface area (Å²) in [6.07, 6.45) is -4.61. The smallest absolute Gasteiger partial charge is 0.477 e. The molecule has 2 aliphatic carbocycles. The average Bonchev–Trinajstić information content (AvgIpc) is 3.34. The number of carbonyl (C=O) groups is 5. The summed E-state index contributed by atoms with van der Waals surface area (Å²) in [7, 11) is 1.95. The molecular formula is C38H51NO14. The van der Waals surface area contributed by atoms with Gasteiger partial charge in [0.15, 0.2) is 23.7 Å². The van der Waals surface area contributed by atoms with Crippen molar-refractivity contribution in [3.8, 4) is 11.5 Å². The lowest BCUT2D eigenvalue weighted by molar-refractivity contribution is -0.180. The standard InChI is InChI=1S/C38H51NO14/c1-20(46-31(42)24(19-26(40)51-34(2,3)4)49-33(44)53-36(8,9)10)30(41)47-23-14-15-38(45)25-18-21-12-13-22(48-32(43)52-35(5,6)7)28-27(21)37(38,29(23)50-28)16-17-39(25)11/h12-14,20,24-25,29,45H,15-19H2,1-11H3/t20-,24-,25+,29-,37-,38+/m0/s1. The van der Waals surface area contributed by atoms with E-state index in [1.54, 1.807) is 74.5 Å².